The van der Waals surface area contributed by atoms with Gasteiger partial charge in [0.1, 0.15) is 45.3 Å². The van der Waals surface area contributed by atoms with Crippen molar-refractivity contribution in [3.05, 3.63) is 217 Å². The monoisotopic (exact) mass is 2010 g/mol. The number of halogens is 10. The first-order valence-electron chi connectivity index (χ1n) is 46.1. The van der Waals surface area contributed by atoms with E-state index >= 15 is 0 Å². The van der Waals surface area contributed by atoms with Crippen molar-refractivity contribution in [3.63, 3.8) is 0 Å². The third-order valence-electron chi connectivity index (χ3n) is 28.7. The van der Waals surface area contributed by atoms with E-state index in [-0.39, 0.29) is 64.8 Å². The summed E-state index contributed by atoms with van der Waals surface area (Å²) in [5, 5.41) is 33.4. The number of hydrogen-bond acceptors (Lipinski definition) is 17. The second kappa shape index (κ2) is 37.4. The van der Waals surface area contributed by atoms with Crippen LogP contribution in [0.5, 0.6) is 0 Å². The van der Waals surface area contributed by atoms with Crippen LogP contribution in [0.4, 0.5) is 49.1 Å². The van der Waals surface area contributed by atoms with E-state index in [0.717, 1.165) is 47.2 Å². The number of rotatable bonds is 27. The summed E-state index contributed by atoms with van der Waals surface area (Å²) < 4.78 is 89.2. The predicted molar refractivity (Wildman–Crippen MR) is 505 cm³/mol. The number of alkyl halides is 6. The summed E-state index contributed by atoms with van der Waals surface area (Å²) in [4.78, 5) is 195. The zero-order valence-electron chi connectivity index (χ0n) is 78.3. The minimum atomic E-state index is -3.11. The molecule has 0 spiro atoms. The standard InChI is InChI=1S/C27H27ClF2N2O4.C25H25ClF2N4O4.C25H26ClF2N3O4.C23H23ClN6O3/c1-4-21(34)26(11-27(29,30)12-26)10-20(33)24(35)22-14(3)23(32-18-7-15(18)8-19(22)32)25(36)31-16-6-5-13(2)17(28)9-16;1-11-4-5-14(8-15(11)26)30-21(34)19-12(2)18(17-7-13-6-16(13)32(17)19)20(33)22(35)31-24(23(36)29-3)9-25(27,28)10-24;1-4-18(32)24(11-25(27,28)12-24)30-23(35)21(33)19-14(3)20(31-9-5-6-17(19)31)22(34)29-15-8-7-13(2)16(26)10-15;1-12-5-6-14(10-15(12)24)26-21(32)19-13(2)18(16-4-3-9-30(16)19)20(31)22(33)27-23(7-8-23)17-11-25-29-28-17/h5-6,9,15,18H,4,7-8,10-12H2,1-3H3,(H,31,36);4-5,8,13,16H,6-7,9-10H2,1-3H3,(H,29,36)(H,30,34)(H,31,35);7-8,10H,4-6,9,11-12H2,1-3H3,(H,29,34)(H,30,35);5-6,10-11H,3-4,7-9H2,1-2H3,(H,26,32)(H,27,33)(H,25,28,29)/t15-,18-;13-,16-;;/m10../s1. The van der Waals surface area contributed by atoms with Crippen LogP contribution in [0.2, 0.25) is 20.1 Å². The summed E-state index contributed by atoms with van der Waals surface area (Å²) in [5.41, 5.74) is 6.32. The summed E-state index contributed by atoms with van der Waals surface area (Å²) in [6.45, 7) is 18.1. The van der Waals surface area contributed by atoms with Crippen LogP contribution in [-0.4, -0.2) is 157 Å². The van der Waals surface area contributed by atoms with Crippen molar-refractivity contribution < 1.29 is 98.3 Å². The van der Waals surface area contributed by atoms with Crippen LogP contribution >= 0.6 is 46.4 Å². The highest BCUT2D eigenvalue weighted by molar-refractivity contribution is 6.47. The van der Waals surface area contributed by atoms with Crippen molar-refractivity contribution in [2.75, 3.05) is 28.3 Å². The van der Waals surface area contributed by atoms with Crippen molar-refractivity contribution >= 4 is 157 Å². The van der Waals surface area contributed by atoms with E-state index < -0.39 is 167 Å². The van der Waals surface area contributed by atoms with Crippen molar-refractivity contribution in [1.82, 2.24) is 54.9 Å². The molecule has 140 heavy (non-hydrogen) atoms. The first-order chi connectivity index (χ1) is 65.9. The lowest BCUT2D eigenvalue weighted by molar-refractivity contribution is -0.179. The Bertz CT molecular complexity index is 6630. The molecule has 6 aliphatic carbocycles. The van der Waals surface area contributed by atoms with Gasteiger partial charge in [-0.05, 0) is 224 Å². The molecular weight excluding hydrogens is 1910 g/mol. The van der Waals surface area contributed by atoms with Crippen LogP contribution in [0.1, 0.15) is 279 Å². The number of hydrogen-bond donors (Lipinski definition) is 9. The third-order valence-corrected chi connectivity index (χ3v) is 30.3. The number of nitrogens with zero attached hydrogens (tertiary/aromatic N) is 6. The summed E-state index contributed by atoms with van der Waals surface area (Å²) in [5.74, 6) is -19.2. The zero-order valence-corrected chi connectivity index (χ0v) is 81.3. The molecular formula is C100H101Cl4F6N15O15. The normalized spacial score (nSPS) is 19.4. The molecule has 0 radical (unpaired) electrons. The Balaban J connectivity index is 0.000000135. The molecule has 19 rings (SSSR count). The molecule has 4 atom stereocenters. The Labute approximate surface area is 818 Å². The molecule has 0 unspecified atom stereocenters. The average molecular weight is 2010 g/mol. The van der Waals surface area contributed by atoms with Gasteiger partial charge in [0.2, 0.25) is 23.4 Å². The molecule has 40 heteroatoms. The molecule has 6 fully saturated rings. The lowest BCUT2D eigenvalue weighted by Crippen LogP contribution is -2.69. The number of aromatic nitrogens is 7. The molecule has 8 amide bonds. The highest BCUT2D eigenvalue weighted by Gasteiger charge is 2.65. The number of anilines is 4. The molecule has 736 valence electrons. The molecule has 9 heterocycles. The number of fused-ring (bicyclic) bond motifs is 8. The number of aryl methyl sites for hydroxylation is 4. The topological polar surface area (TPSA) is 414 Å². The predicted octanol–water partition coefficient (Wildman–Crippen LogP) is 16.5. The maximum Gasteiger partial charge on any atom is 0.293 e. The largest absolute Gasteiger partial charge is 0.357 e. The summed E-state index contributed by atoms with van der Waals surface area (Å²) >= 11 is 24.7. The minimum absolute atomic E-state index is 0.0227. The summed E-state index contributed by atoms with van der Waals surface area (Å²) in [7, 11) is 1.28. The van der Waals surface area contributed by atoms with E-state index in [9.17, 15) is 98.3 Å². The fraction of sp³-hybridized carbons (Fsp3) is 0.430. The number of amides is 8. The Morgan fingerprint density at radius 2 is 0.779 bits per heavy atom. The van der Waals surface area contributed by atoms with Crippen molar-refractivity contribution in [3.8, 4) is 0 Å². The molecule has 30 nitrogen and oxygen atoms in total. The molecule has 4 aliphatic heterocycles. The zero-order chi connectivity index (χ0) is 101. The number of likely N-dealkylation sites (N-methyl/N-ethyl adjacent to an activating group) is 1. The van der Waals surface area contributed by atoms with E-state index in [1.807, 2.05) is 47.5 Å². The number of aromatic amines is 1. The van der Waals surface area contributed by atoms with Gasteiger partial charge in [-0.2, -0.15) is 15.4 Å². The van der Waals surface area contributed by atoms with Gasteiger partial charge in [0.15, 0.2) is 5.78 Å². The van der Waals surface area contributed by atoms with Crippen LogP contribution in [0.25, 0.3) is 0 Å². The van der Waals surface area contributed by atoms with Gasteiger partial charge in [0.05, 0.1) is 34.0 Å². The molecule has 9 N–H and O–H groups in total. The Kier molecular flexibility index (Phi) is 26.8. The van der Waals surface area contributed by atoms with E-state index in [0.29, 0.717) is 169 Å². The number of carbonyl (C=O) groups is 15. The van der Waals surface area contributed by atoms with Gasteiger partial charge in [-0.25, -0.2) is 26.3 Å². The van der Waals surface area contributed by atoms with Gasteiger partial charge in [-0.15, -0.1) is 0 Å². The minimum Gasteiger partial charge on any atom is -0.357 e. The van der Waals surface area contributed by atoms with Crippen molar-refractivity contribution in [2.24, 2.45) is 17.3 Å². The van der Waals surface area contributed by atoms with E-state index in [1.54, 1.807) is 112 Å². The smallest absolute Gasteiger partial charge is 0.293 e. The average Bonchev–Trinajstić information content (AvgIpc) is 1.54. The van der Waals surface area contributed by atoms with Crippen LogP contribution in [0, 0.1) is 72.6 Å². The molecule has 0 saturated heterocycles. The highest BCUT2D eigenvalue weighted by atomic mass is 35.5. The summed E-state index contributed by atoms with van der Waals surface area (Å²) in [6, 6.07) is 20.8. The maximum atomic E-state index is 13.7. The Hall–Kier alpha value is -12.7. The molecule has 4 aromatic carbocycles. The highest BCUT2D eigenvalue weighted by Crippen LogP contribution is 2.59. The van der Waals surface area contributed by atoms with Gasteiger partial charge in [0, 0.05) is 161 Å². The van der Waals surface area contributed by atoms with Crippen LogP contribution in [0.3, 0.4) is 0 Å². The number of nitrogens with one attached hydrogen (secondary N) is 9. The number of carbonyl (C=O) groups excluding carboxylic acids is 15. The van der Waals surface area contributed by atoms with Crippen LogP contribution in [-0.2, 0) is 77.9 Å². The molecule has 10 aliphatic rings. The van der Waals surface area contributed by atoms with Gasteiger partial charge >= 0.3 is 0 Å². The lowest BCUT2D eigenvalue weighted by atomic mass is 9.60. The Morgan fingerprint density at radius 1 is 0.436 bits per heavy atom. The van der Waals surface area contributed by atoms with Gasteiger partial charge in [0.25, 0.3) is 70.5 Å². The van der Waals surface area contributed by atoms with Crippen LogP contribution < -0.4 is 42.5 Å². The molecule has 6 saturated carbocycles. The van der Waals surface area contributed by atoms with Crippen molar-refractivity contribution in [2.45, 2.75) is 251 Å². The fourth-order valence-electron chi connectivity index (χ4n) is 21.3. The second-order valence-electron chi connectivity index (χ2n) is 38.6. The quantitative estimate of drug-likeness (QED) is 0.0131. The van der Waals surface area contributed by atoms with Crippen LogP contribution in [0.15, 0.2) is 79.0 Å². The van der Waals surface area contributed by atoms with E-state index in [2.05, 4.69) is 57.9 Å². The van der Waals surface area contributed by atoms with Gasteiger partial charge < -0.3 is 60.8 Å². The molecule has 0 bridgehead atoms. The summed E-state index contributed by atoms with van der Waals surface area (Å²) in [6.07, 6.45) is 2.99. The number of benzene rings is 4. The first kappa shape index (κ1) is 100. The first-order valence-corrected chi connectivity index (χ1v) is 47.6. The third kappa shape index (κ3) is 18.8. The number of ketones is 7. The fourth-order valence-corrected chi connectivity index (χ4v) is 22.0. The number of H-pyrrole nitrogens is 1. The van der Waals surface area contributed by atoms with Gasteiger partial charge in [-0.3, -0.25) is 71.9 Å². The maximum absolute atomic E-state index is 13.7. The lowest BCUT2D eigenvalue weighted by Gasteiger charge is -2.46. The van der Waals surface area contributed by atoms with Crippen molar-refractivity contribution in [1.29, 1.82) is 0 Å². The van der Waals surface area contributed by atoms with E-state index in [1.165, 1.54) is 14.0 Å². The molecule has 5 aromatic heterocycles. The Morgan fingerprint density at radius 3 is 1.12 bits per heavy atom. The van der Waals surface area contributed by atoms with Gasteiger partial charge in [-0.1, -0.05) is 84.5 Å². The number of Topliss-reactive ketones (excluding diaryl/α,β-unsaturated/α-hetero) is 7. The van der Waals surface area contributed by atoms with E-state index in [4.69, 9.17) is 46.4 Å². The SMILES string of the molecule is CCC(=O)C1(CC(=O)C(=O)c2c(C)c(C(=O)Nc3ccc(C)c(Cl)c3)n3c2C[C@H]2C[C@H]23)CC(F)(F)C1.CCC(=O)C1(NC(=O)C(=O)c2c(C)c(C(=O)Nc3ccc(C)c(Cl)c3)n3c2CCC3)CC(F)(F)C1.CNC(=O)C1(NC(=O)C(=O)c2c(C)c(C(=O)Nc3ccc(C)c(Cl)c3)n3c2C[C@@H]2C[C@@H]23)CC(F)(F)C1.Cc1ccc(NC(=O)c2c(C)c(C(=O)C(=O)NC3(c4cn[nH]n4)CC3)c3n2CCC3)cc1Cl. The second-order valence-corrected chi connectivity index (χ2v) is 40.2. The molecule has 9 aromatic rings.